The van der Waals surface area contributed by atoms with Crippen LogP contribution >= 0.6 is 11.5 Å². The zero-order valence-corrected chi connectivity index (χ0v) is 12.2. The summed E-state index contributed by atoms with van der Waals surface area (Å²) in [6.45, 7) is 2.31. The van der Waals surface area contributed by atoms with Crippen LogP contribution in [0.4, 0.5) is 10.7 Å². The summed E-state index contributed by atoms with van der Waals surface area (Å²) in [5, 5.41) is 13.0. The Morgan fingerprint density at radius 3 is 2.90 bits per heavy atom. The van der Waals surface area contributed by atoms with E-state index in [1.807, 2.05) is 24.3 Å². The van der Waals surface area contributed by atoms with E-state index in [4.69, 9.17) is 4.74 Å². The van der Waals surface area contributed by atoms with Crippen LogP contribution in [-0.4, -0.2) is 29.2 Å². The number of methoxy groups -OCH3 is 1. The van der Waals surface area contributed by atoms with Crippen LogP contribution in [0.1, 0.15) is 21.6 Å². The van der Waals surface area contributed by atoms with Gasteiger partial charge in [0.05, 0.1) is 12.3 Å². The van der Waals surface area contributed by atoms with Crippen LogP contribution in [-0.2, 0) is 11.2 Å². The lowest BCUT2D eigenvalue weighted by Crippen LogP contribution is -2.03. The minimum absolute atomic E-state index is 0.233. The smallest absolute Gasteiger partial charge is 0.340 e. The van der Waals surface area contributed by atoms with E-state index < -0.39 is 5.97 Å². The Morgan fingerprint density at radius 2 is 2.20 bits per heavy atom. The number of ether oxygens (including phenoxy) is 1. The molecule has 0 aliphatic rings. The van der Waals surface area contributed by atoms with Gasteiger partial charge in [-0.2, -0.15) is 4.37 Å². The Morgan fingerprint density at radius 1 is 1.45 bits per heavy atom. The lowest BCUT2D eigenvalue weighted by molar-refractivity contribution is 0.0697. The second kappa shape index (κ2) is 6.49. The highest BCUT2D eigenvalue weighted by Gasteiger charge is 2.18. The molecule has 0 amide bonds. The highest BCUT2D eigenvalue weighted by atomic mass is 32.1. The van der Waals surface area contributed by atoms with E-state index in [1.54, 1.807) is 14.0 Å². The number of para-hydroxylation sites is 1. The first kappa shape index (κ1) is 14.5. The van der Waals surface area contributed by atoms with Gasteiger partial charge in [-0.05, 0) is 36.5 Å². The lowest BCUT2D eigenvalue weighted by atomic mass is 10.1. The maximum Gasteiger partial charge on any atom is 0.340 e. The summed E-state index contributed by atoms with van der Waals surface area (Å²) in [4.78, 5) is 11.3. The Hall–Kier alpha value is -1.92. The van der Waals surface area contributed by atoms with Crippen LogP contribution < -0.4 is 5.32 Å². The molecule has 0 saturated carbocycles. The van der Waals surface area contributed by atoms with Crippen molar-refractivity contribution in [2.75, 3.05) is 19.0 Å². The number of aromatic carboxylic acids is 1. The molecule has 20 heavy (non-hydrogen) atoms. The summed E-state index contributed by atoms with van der Waals surface area (Å²) < 4.78 is 9.18. The molecule has 0 fully saturated rings. The number of carboxylic acids is 1. The number of nitrogens with zero attached hydrogens (tertiary/aromatic N) is 1. The highest BCUT2D eigenvalue weighted by molar-refractivity contribution is 7.10. The number of anilines is 2. The van der Waals surface area contributed by atoms with Crippen molar-refractivity contribution in [2.24, 2.45) is 0 Å². The summed E-state index contributed by atoms with van der Waals surface area (Å²) in [6, 6.07) is 7.78. The molecule has 0 aliphatic heterocycles. The van der Waals surface area contributed by atoms with Crippen LogP contribution in [0.15, 0.2) is 24.3 Å². The van der Waals surface area contributed by atoms with Gasteiger partial charge in [-0.1, -0.05) is 18.2 Å². The molecule has 106 valence electrons. The number of benzene rings is 1. The molecule has 0 radical (unpaired) electrons. The van der Waals surface area contributed by atoms with Crippen LogP contribution in [0.25, 0.3) is 0 Å². The summed E-state index contributed by atoms with van der Waals surface area (Å²) in [5.41, 5.74) is 2.73. The maximum absolute atomic E-state index is 11.3. The average molecular weight is 292 g/mol. The van der Waals surface area contributed by atoms with Crippen LogP contribution in [0.5, 0.6) is 0 Å². The Labute approximate surface area is 121 Å². The normalized spacial score (nSPS) is 10.5. The maximum atomic E-state index is 11.3. The zero-order valence-electron chi connectivity index (χ0n) is 11.3. The predicted octanol–water partition coefficient (Wildman–Crippen LogP) is 3.08. The van der Waals surface area contributed by atoms with Crippen molar-refractivity contribution in [3.63, 3.8) is 0 Å². The lowest BCUT2D eigenvalue weighted by Gasteiger charge is -2.10. The van der Waals surface area contributed by atoms with Gasteiger partial charge in [0.15, 0.2) is 0 Å². The molecule has 2 rings (SSSR count). The molecule has 1 aromatic heterocycles. The molecule has 0 spiro atoms. The fourth-order valence-electron chi connectivity index (χ4n) is 1.90. The van der Waals surface area contributed by atoms with Gasteiger partial charge in [0.1, 0.15) is 10.6 Å². The third-order valence-corrected chi connectivity index (χ3v) is 3.77. The molecule has 0 aliphatic carbocycles. The molecular weight excluding hydrogens is 276 g/mol. The molecule has 0 saturated heterocycles. The van der Waals surface area contributed by atoms with E-state index in [0.29, 0.717) is 17.3 Å². The number of hydrogen-bond acceptors (Lipinski definition) is 5. The number of nitrogens with one attached hydrogen (secondary N) is 1. The topological polar surface area (TPSA) is 71.5 Å². The summed E-state index contributed by atoms with van der Waals surface area (Å²) in [7, 11) is 1.66. The van der Waals surface area contributed by atoms with Crippen molar-refractivity contribution >= 4 is 28.2 Å². The van der Waals surface area contributed by atoms with Gasteiger partial charge in [-0.25, -0.2) is 4.79 Å². The van der Waals surface area contributed by atoms with Crippen LogP contribution in [0, 0.1) is 6.92 Å². The zero-order chi connectivity index (χ0) is 14.5. The average Bonchev–Trinajstić information content (AvgIpc) is 2.79. The number of rotatable bonds is 6. The van der Waals surface area contributed by atoms with Gasteiger partial charge in [0.2, 0.25) is 0 Å². The molecule has 1 aromatic carbocycles. The molecule has 1 heterocycles. The molecule has 0 bridgehead atoms. The minimum atomic E-state index is -0.965. The van der Waals surface area contributed by atoms with Crippen molar-refractivity contribution < 1.29 is 14.6 Å². The van der Waals surface area contributed by atoms with Gasteiger partial charge >= 0.3 is 5.97 Å². The number of carboxylic acid groups (broad SMARTS) is 1. The second-order valence-corrected chi connectivity index (χ2v) is 5.08. The first-order chi connectivity index (χ1) is 9.63. The molecule has 2 N–H and O–H groups in total. The Balaban J connectivity index is 2.28. The predicted molar refractivity (Wildman–Crippen MR) is 79.1 cm³/mol. The van der Waals surface area contributed by atoms with Gasteiger partial charge in [0, 0.05) is 12.8 Å². The third kappa shape index (κ3) is 3.15. The number of carbonyl (C=O) groups is 1. The monoisotopic (exact) mass is 292 g/mol. The van der Waals surface area contributed by atoms with Gasteiger partial charge < -0.3 is 15.2 Å². The Bertz CT molecular complexity index is 610. The Kier molecular flexibility index (Phi) is 4.70. The molecule has 2 aromatic rings. The number of aromatic nitrogens is 1. The van der Waals surface area contributed by atoms with Gasteiger partial charge in [0.25, 0.3) is 0 Å². The molecule has 0 atom stereocenters. The fraction of sp³-hybridized carbons (Fsp3) is 0.286. The van der Waals surface area contributed by atoms with E-state index in [2.05, 4.69) is 9.69 Å². The standard InChI is InChI=1S/C14H16N2O3S/c1-9-12(14(17)18)13(20-16-9)15-11-6-4-3-5-10(11)7-8-19-2/h3-6,15H,7-8H2,1-2H3,(H,17,18). The largest absolute Gasteiger partial charge is 0.478 e. The van der Waals surface area contributed by atoms with Crippen molar-refractivity contribution in [1.29, 1.82) is 0 Å². The van der Waals surface area contributed by atoms with Crippen molar-refractivity contribution in [3.05, 3.63) is 41.1 Å². The van der Waals surface area contributed by atoms with Crippen LogP contribution in [0.3, 0.4) is 0 Å². The van der Waals surface area contributed by atoms with E-state index >= 15 is 0 Å². The SMILES string of the molecule is COCCc1ccccc1Nc1snc(C)c1C(=O)O. The van der Waals surface area contributed by atoms with Gasteiger partial charge in [-0.3, -0.25) is 0 Å². The van der Waals surface area contributed by atoms with E-state index in [9.17, 15) is 9.90 Å². The van der Waals surface area contributed by atoms with Crippen molar-refractivity contribution in [1.82, 2.24) is 4.37 Å². The highest BCUT2D eigenvalue weighted by Crippen LogP contribution is 2.29. The quantitative estimate of drug-likeness (QED) is 0.856. The third-order valence-electron chi connectivity index (χ3n) is 2.92. The van der Waals surface area contributed by atoms with Crippen molar-refractivity contribution in [2.45, 2.75) is 13.3 Å². The number of hydrogen-bond donors (Lipinski definition) is 2. The molecule has 6 heteroatoms. The van der Waals surface area contributed by atoms with Crippen molar-refractivity contribution in [3.8, 4) is 0 Å². The van der Waals surface area contributed by atoms with E-state index in [1.165, 1.54) is 0 Å². The van der Waals surface area contributed by atoms with E-state index in [-0.39, 0.29) is 5.56 Å². The molecule has 5 nitrogen and oxygen atoms in total. The minimum Gasteiger partial charge on any atom is -0.478 e. The summed E-state index contributed by atoms with van der Waals surface area (Å²) >= 11 is 1.16. The summed E-state index contributed by atoms with van der Waals surface area (Å²) in [5.74, 6) is -0.965. The molecule has 0 unspecified atom stereocenters. The summed E-state index contributed by atoms with van der Waals surface area (Å²) in [6.07, 6.45) is 0.764. The molecular formula is C14H16N2O3S. The van der Waals surface area contributed by atoms with Gasteiger partial charge in [-0.15, -0.1) is 0 Å². The first-order valence-corrected chi connectivity index (χ1v) is 6.94. The van der Waals surface area contributed by atoms with E-state index in [0.717, 1.165) is 29.2 Å². The first-order valence-electron chi connectivity index (χ1n) is 6.17. The number of aryl methyl sites for hydroxylation is 1. The van der Waals surface area contributed by atoms with Crippen LogP contribution in [0.2, 0.25) is 0 Å². The second-order valence-electron chi connectivity index (χ2n) is 4.30. The fourth-order valence-corrected chi connectivity index (χ4v) is 2.70.